The first-order valence-electron chi connectivity index (χ1n) is 4.58. The van der Waals surface area contributed by atoms with Crippen LogP contribution < -0.4 is 5.32 Å². The molecule has 2 rings (SSSR count). The monoisotopic (exact) mass is 198 g/mol. The van der Waals surface area contributed by atoms with Gasteiger partial charge in [0.2, 0.25) is 0 Å². The van der Waals surface area contributed by atoms with Crippen molar-refractivity contribution in [3.05, 3.63) is 16.6 Å². The third kappa shape index (κ3) is 2.27. The number of hydrogen-bond donors (Lipinski definition) is 1. The first-order valence-corrected chi connectivity index (χ1v) is 5.46. The van der Waals surface area contributed by atoms with E-state index in [1.54, 1.807) is 11.3 Å². The highest BCUT2D eigenvalue weighted by Gasteiger charge is 2.23. The SMILES string of the molecule is C[C@H]1OCC[C@H]1NCc1cncs1. The average Bonchev–Trinajstić information content (AvgIpc) is 2.72. The topological polar surface area (TPSA) is 34.1 Å². The van der Waals surface area contributed by atoms with Crippen molar-refractivity contribution < 1.29 is 4.74 Å². The summed E-state index contributed by atoms with van der Waals surface area (Å²) in [7, 11) is 0. The van der Waals surface area contributed by atoms with Gasteiger partial charge in [-0.25, -0.2) is 0 Å². The molecular formula is C9H14N2OS. The summed E-state index contributed by atoms with van der Waals surface area (Å²) in [4.78, 5) is 5.32. The van der Waals surface area contributed by atoms with Crippen LogP contribution in [0.5, 0.6) is 0 Å². The predicted molar refractivity (Wildman–Crippen MR) is 52.8 cm³/mol. The molecule has 2 atom stereocenters. The van der Waals surface area contributed by atoms with Crippen molar-refractivity contribution in [3.63, 3.8) is 0 Å². The number of nitrogens with one attached hydrogen (secondary N) is 1. The molecule has 1 aromatic rings. The van der Waals surface area contributed by atoms with Gasteiger partial charge in [-0.2, -0.15) is 0 Å². The van der Waals surface area contributed by atoms with Gasteiger partial charge in [0.25, 0.3) is 0 Å². The molecule has 0 aromatic carbocycles. The van der Waals surface area contributed by atoms with E-state index >= 15 is 0 Å². The molecule has 1 saturated heterocycles. The van der Waals surface area contributed by atoms with Crippen molar-refractivity contribution in [2.24, 2.45) is 0 Å². The van der Waals surface area contributed by atoms with Gasteiger partial charge < -0.3 is 10.1 Å². The van der Waals surface area contributed by atoms with Gasteiger partial charge in [0, 0.05) is 30.3 Å². The first-order chi connectivity index (χ1) is 6.36. The maximum atomic E-state index is 5.46. The second kappa shape index (κ2) is 4.17. The van der Waals surface area contributed by atoms with Crippen molar-refractivity contribution in [3.8, 4) is 0 Å². The minimum Gasteiger partial charge on any atom is -0.377 e. The third-order valence-corrected chi connectivity index (χ3v) is 3.18. The summed E-state index contributed by atoms with van der Waals surface area (Å²) in [5, 5.41) is 3.48. The van der Waals surface area contributed by atoms with Crippen molar-refractivity contribution in [1.29, 1.82) is 0 Å². The molecule has 1 N–H and O–H groups in total. The van der Waals surface area contributed by atoms with Gasteiger partial charge in [-0.05, 0) is 13.3 Å². The van der Waals surface area contributed by atoms with Crippen LogP contribution in [0.3, 0.4) is 0 Å². The van der Waals surface area contributed by atoms with E-state index in [2.05, 4.69) is 17.2 Å². The van der Waals surface area contributed by atoms with Gasteiger partial charge in [0.05, 0.1) is 11.6 Å². The van der Waals surface area contributed by atoms with E-state index in [1.807, 2.05) is 11.7 Å². The fourth-order valence-electron chi connectivity index (χ4n) is 1.56. The Bertz CT molecular complexity index is 250. The molecule has 72 valence electrons. The minimum atomic E-state index is 0.355. The zero-order valence-corrected chi connectivity index (χ0v) is 8.51. The van der Waals surface area contributed by atoms with E-state index < -0.39 is 0 Å². The van der Waals surface area contributed by atoms with Crippen LogP contribution in [-0.2, 0) is 11.3 Å². The molecule has 3 nitrogen and oxygen atoms in total. The number of rotatable bonds is 3. The summed E-state index contributed by atoms with van der Waals surface area (Å²) in [6, 6.07) is 0.516. The Kier molecular flexibility index (Phi) is 2.93. The molecule has 0 unspecified atom stereocenters. The Morgan fingerprint density at radius 2 is 2.69 bits per heavy atom. The highest BCUT2D eigenvalue weighted by Crippen LogP contribution is 2.14. The predicted octanol–water partition coefficient (Wildman–Crippen LogP) is 1.41. The van der Waals surface area contributed by atoms with Gasteiger partial charge in [0.1, 0.15) is 0 Å². The smallest absolute Gasteiger partial charge is 0.0794 e. The van der Waals surface area contributed by atoms with E-state index in [1.165, 1.54) is 4.88 Å². The lowest BCUT2D eigenvalue weighted by atomic mass is 10.1. The van der Waals surface area contributed by atoms with Crippen LogP contribution in [0, 0.1) is 0 Å². The molecule has 0 amide bonds. The van der Waals surface area contributed by atoms with Crippen LogP contribution in [0.2, 0.25) is 0 Å². The van der Waals surface area contributed by atoms with Crippen LogP contribution in [0.15, 0.2) is 11.7 Å². The van der Waals surface area contributed by atoms with Gasteiger partial charge >= 0.3 is 0 Å². The molecule has 0 bridgehead atoms. The molecule has 1 aliphatic heterocycles. The fraction of sp³-hybridized carbons (Fsp3) is 0.667. The molecule has 0 spiro atoms. The average molecular weight is 198 g/mol. The van der Waals surface area contributed by atoms with Crippen LogP contribution in [-0.4, -0.2) is 23.7 Å². The van der Waals surface area contributed by atoms with E-state index in [-0.39, 0.29) is 0 Å². The maximum Gasteiger partial charge on any atom is 0.0794 e. The highest BCUT2D eigenvalue weighted by atomic mass is 32.1. The Morgan fingerprint density at radius 1 is 1.77 bits per heavy atom. The molecular weight excluding hydrogens is 184 g/mol. The zero-order chi connectivity index (χ0) is 9.10. The van der Waals surface area contributed by atoms with E-state index in [0.717, 1.165) is 19.6 Å². The highest BCUT2D eigenvalue weighted by molar-refractivity contribution is 7.09. The number of thiazole rings is 1. The fourth-order valence-corrected chi connectivity index (χ4v) is 2.11. The van der Waals surface area contributed by atoms with E-state index in [9.17, 15) is 0 Å². The number of nitrogens with zero attached hydrogens (tertiary/aromatic N) is 1. The van der Waals surface area contributed by atoms with E-state index in [4.69, 9.17) is 4.74 Å². The molecule has 1 aliphatic rings. The Balaban J connectivity index is 1.79. The molecule has 0 aliphatic carbocycles. The standard InChI is InChI=1S/C9H14N2OS/c1-7-9(2-3-12-7)11-5-8-4-10-6-13-8/h4,6-7,9,11H,2-3,5H2,1H3/t7-,9-/m1/s1. The molecule has 0 radical (unpaired) electrons. The van der Waals surface area contributed by atoms with Crippen LogP contribution in [0.4, 0.5) is 0 Å². The summed E-state index contributed by atoms with van der Waals surface area (Å²) in [5.41, 5.74) is 1.87. The van der Waals surface area contributed by atoms with Crippen LogP contribution in [0.1, 0.15) is 18.2 Å². The molecule has 13 heavy (non-hydrogen) atoms. The van der Waals surface area contributed by atoms with Crippen LogP contribution in [0.25, 0.3) is 0 Å². The second-order valence-corrected chi connectivity index (χ2v) is 4.29. The summed E-state index contributed by atoms with van der Waals surface area (Å²) in [5.74, 6) is 0. The van der Waals surface area contributed by atoms with Crippen molar-refractivity contribution in [2.45, 2.75) is 32.0 Å². The number of ether oxygens (including phenoxy) is 1. The zero-order valence-electron chi connectivity index (χ0n) is 7.69. The lowest BCUT2D eigenvalue weighted by molar-refractivity contribution is 0.113. The van der Waals surface area contributed by atoms with Crippen molar-refractivity contribution in [1.82, 2.24) is 10.3 Å². The van der Waals surface area contributed by atoms with Gasteiger partial charge in [-0.15, -0.1) is 11.3 Å². The van der Waals surface area contributed by atoms with Gasteiger partial charge in [-0.3, -0.25) is 4.98 Å². The summed E-state index contributed by atoms with van der Waals surface area (Å²) >= 11 is 1.69. The Labute approximate surface area is 82.1 Å². The van der Waals surface area contributed by atoms with Crippen LogP contribution >= 0.6 is 11.3 Å². The lowest BCUT2D eigenvalue weighted by Crippen LogP contribution is -2.33. The Morgan fingerprint density at radius 3 is 3.31 bits per heavy atom. The third-order valence-electron chi connectivity index (χ3n) is 2.40. The summed E-state index contributed by atoms with van der Waals surface area (Å²) in [6.45, 7) is 3.93. The lowest BCUT2D eigenvalue weighted by Gasteiger charge is -2.14. The molecule has 0 saturated carbocycles. The van der Waals surface area contributed by atoms with Crippen molar-refractivity contribution in [2.75, 3.05) is 6.61 Å². The second-order valence-electron chi connectivity index (χ2n) is 3.32. The van der Waals surface area contributed by atoms with Gasteiger partial charge in [-0.1, -0.05) is 0 Å². The number of aromatic nitrogens is 1. The maximum absolute atomic E-state index is 5.46. The normalized spacial score (nSPS) is 28.1. The van der Waals surface area contributed by atoms with E-state index in [0.29, 0.717) is 12.1 Å². The summed E-state index contributed by atoms with van der Waals surface area (Å²) in [6.07, 6.45) is 3.39. The minimum absolute atomic E-state index is 0.355. The summed E-state index contributed by atoms with van der Waals surface area (Å²) < 4.78 is 5.46. The quantitative estimate of drug-likeness (QED) is 0.797. The molecule has 1 fully saturated rings. The Hall–Kier alpha value is -0.450. The molecule has 2 heterocycles. The van der Waals surface area contributed by atoms with Gasteiger partial charge in [0.15, 0.2) is 0 Å². The van der Waals surface area contributed by atoms with Crippen molar-refractivity contribution >= 4 is 11.3 Å². The first kappa shape index (κ1) is 9.12. The largest absolute Gasteiger partial charge is 0.377 e. The molecule has 1 aromatic heterocycles. The molecule has 4 heteroatoms. The number of hydrogen-bond acceptors (Lipinski definition) is 4.